The summed E-state index contributed by atoms with van der Waals surface area (Å²) in [6.07, 6.45) is 3.04. The van der Waals surface area contributed by atoms with Crippen LogP contribution in [0, 0.1) is 17.0 Å². The Labute approximate surface area is 159 Å². The SMILES string of the molecule is N=C(c1cc(O)c(F)c(F)c1)c1c(N)ncnc1NC1CCc2ccccc21. The summed E-state index contributed by atoms with van der Waals surface area (Å²) in [5.74, 6) is -3.15. The predicted molar refractivity (Wildman–Crippen MR) is 102 cm³/mol. The molecule has 3 aromatic rings. The van der Waals surface area contributed by atoms with Crippen LogP contribution in [0.3, 0.4) is 0 Å². The number of aryl methyl sites for hydroxylation is 1. The Hall–Kier alpha value is -3.55. The number of nitrogens with two attached hydrogens (primary N) is 1. The van der Waals surface area contributed by atoms with Gasteiger partial charge in [0.15, 0.2) is 17.4 Å². The molecule has 0 saturated heterocycles. The van der Waals surface area contributed by atoms with Gasteiger partial charge < -0.3 is 16.2 Å². The molecule has 8 heteroatoms. The maximum absolute atomic E-state index is 13.7. The molecular formula is C20H17F2N5O. The van der Waals surface area contributed by atoms with Crippen molar-refractivity contribution < 1.29 is 13.9 Å². The molecule has 0 bridgehead atoms. The van der Waals surface area contributed by atoms with Gasteiger partial charge in [0.25, 0.3) is 0 Å². The summed E-state index contributed by atoms with van der Waals surface area (Å²) in [6, 6.07) is 9.83. The van der Waals surface area contributed by atoms with Crippen molar-refractivity contribution in [1.29, 1.82) is 5.41 Å². The van der Waals surface area contributed by atoms with E-state index in [4.69, 9.17) is 11.1 Å². The molecule has 0 fully saturated rings. The van der Waals surface area contributed by atoms with E-state index in [0.717, 1.165) is 30.5 Å². The van der Waals surface area contributed by atoms with Crippen LogP contribution in [0.15, 0.2) is 42.7 Å². The van der Waals surface area contributed by atoms with Crippen LogP contribution in [0.4, 0.5) is 20.4 Å². The molecule has 1 unspecified atom stereocenters. The topological polar surface area (TPSA) is 108 Å². The Morgan fingerprint density at radius 3 is 2.79 bits per heavy atom. The highest BCUT2D eigenvalue weighted by Crippen LogP contribution is 2.35. The summed E-state index contributed by atoms with van der Waals surface area (Å²) in [5, 5.41) is 21.3. The molecule has 0 spiro atoms. The van der Waals surface area contributed by atoms with Crippen LogP contribution >= 0.6 is 0 Å². The summed E-state index contributed by atoms with van der Waals surface area (Å²) < 4.78 is 27.1. The van der Waals surface area contributed by atoms with E-state index in [-0.39, 0.29) is 28.7 Å². The van der Waals surface area contributed by atoms with Crippen LogP contribution in [0.1, 0.15) is 34.7 Å². The molecule has 28 heavy (non-hydrogen) atoms. The van der Waals surface area contributed by atoms with E-state index in [9.17, 15) is 13.9 Å². The first kappa shape index (κ1) is 17.8. The highest BCUT2D eigenvalue weighted by Gasteiger charge is 2.25. The summed E-state index contributed by atoms with van der Waals surface area (Å²) >= 11 is 0. The largest absolute Gasteiger partial charge is 0.505 e. The average Bonchev–Trinajstić information content (AvgIpc) is 3.08. The maximum Gasteiger partial charge on any atom is 0.200 e. The van der Waals surface area contributed by atoms with E-state index in [1.165, 1.54) is 11.9 Å². The zero-order valence-corrected chi connectivity index (χ0v) is 14.7. The van der Waals surface area contributed by atoms with Gasteiger partial charge in [-0.3, -0.25) is 5.41 Å². The molecule has 0 saturated carbocycles. The number of nitrogens with zero attached hydrogens (tertiary/aromatic N) is 2. The van der Waals surface area contributed by atoms with E-state index in [1.807, 2.05) is 18.2 Å². The quantitative estimate of drug-likeness (QED) is 0.517. The zero-order valence-electron chi connectivity index (χ0n) is 14.7. The number of hydrogen-bond donors (Lipinski definition) is 4. The smallest absolute Gasteiger partial charge is 0.200 e. The molecule has 1 atom stereocenters. The maximum atomic E-state index is 13.7. The number of rotatable bonds is 4. The van der Waals surface area contributed by atoms with Crippen molar-refractivity contribution in [2.24, 2.45) is 0 Å². The summed E-state index contributed by atoms with van der Waals surface area (Å²) in [6.45, 7) is 0. The highest BCUT2D eigenvalue weighted by molar-refractivity contribution is 6.16. The molecule has 0 radical (unpaired) electrons. The Balaban J connectivity index is 1.72. The summed E-state index contributed by atoms with van der Waals surface area (Å²) in [7, 11) is 0. The lowest BCUT2D eigenvalue weighted by molar-refractivity contribution is 0.407. The Morgan fingerprint density at radius 1 is 1.21 bits per heavy atom. The van der Waals surface area contributed by atoms with Gasteiger partial charge in [-0.05, 0) is 36.1 Å². The number of phenols is 1. The molecule has 142 valence electrons. The Bertz CT molecular complexity index is 1060. The molecule has 0 amide bonds. The number of aromatic hydroxyl groups is 1. The molecule has 0 aliphatic heterocycles. The van der Waals surface area contributed by atoms with Crippen molar-refractivity contribution in [3.05, 3.63) is 76.6 Å². The molecule has 1 aliphatic rings. The van der Waals surface area contributed by atoms with Gasteiger partial charge in [0.05, 0.1) is 17.3 Å². The second kappa shape index (κ2) is 6.88. The predicted octanol–water partition coefficient (Wildman–Crippen LogP) is 3.56. The van der Waals surface area contributed by atoms with Crippen molar-refractivity contribution in [3.63, 3.8) is 0 Å². The van der Waals surface area contributed by atoms with E-state index >= 15 is 0 Å². The summed E-state index contributed by atoms with van der Waals surface area (Å²) in [4.78, 5) is 8.13. The minimum Gasteiger partial charge on any atom is -0.505 e. The number of phenolic OH excluding ortho intramolecular Hbond substituents is 1. The molecule has 6 nitrogen and oxygen atoms in total. The van der Waals surface area contributed by atoms with Gasteiger partial charge in [-0.25, -0.2) is 14.4 Å². The minimum absolute atomic E-state index is 0.0181. The second-order valence-corrected chi connectivity index (χ2v) is 6.58. The van der Waals surface area contributed by atoms with Crippen LogP contribution in [0.5, 0.6) is 5.75 Å². The first-order valence-electron chi connectivity index (χ1n) is 8.68. The van der Waals surface area contributed by atoms with Crippen LogP contribution in [0.2, 0.25) is 0 Å². The lowest BCUT2D eigenvalue weighted by Crippen LogP contribution is -2.16. The third-order valence-electron chi connectivity index (χ3n) is 4.87. The highest BCUT2D eigenvalue weighted by atomic mass is 19.2. The van der Waals surface area contributed by atoms with Gasteiger partial charge in [-0.1, -0.05) is 24.3 Å². The van der Waals surface area contributed by atoms with Crippen LogP contribution in [0.25, 0.3) is 0 Å². The van der Waals surface area contributed by atoms with Crippen molar-refractivity contribution in [2.45, 2.75) is 18.9 Å². The normalized spacial score (nSPS) is 15.3. The van der Waals surface area contributed by atoms with Gasteiger partial charge in [0.2, 0.25) is 0 Å². The number of halogens is 2. The molecule has 5 N–H and O–H groups in total. The van der Waals surface area contributed by atoms with Gasteiger partial charge in [-0.2, -0.15) is 4.39 Å². The van der Waals surface area contributed by atoms with E-state index in [2.05, 4.69) is 21.4 Å². The fourth-order valence-electron chi connectivity index (χ4n) is 3.49. The molecule has 4 rings (SSSR count). The fraction of sp³-hybridized carbons (Fsp3) is 0.150. The third kappa shape index (κ3) is 3.02. The first-order chi connectivity index (χ1) is 13.5. The number of nitrogen functional groups attached to an aromatic ring is 1. The standard InChI is InChI=1S/C20H17F2N5O/c21-13-7-11(8-15(28)17(13)22)18(23)16-19(24)25-9-26-20(16)27-14-6-5-10-3-1-2-4-12(10)14/h1-4,7-9,14,23,28H,5-6H2,(H3,24,25,26,27). The number of fused-ring (bicyclic) bond motifs is 1. The zero-order chi connectivity index (χ0) is 19.8. The van der Waals surface area contributed by atoms with Crippen LogP contribution in [-0.4, -0.2) is 20.8 Å². The molecule has 1 heterocycles. The Kier molecular flexibility index (Phi) is 4.38. The first-order valence-corrected chi connectivity index (χ1v) is 8.68. The van der Waals surface area contributed by atoms with Crippen molar-refractivity contribution in [3.8, 4) is 5.75 Å². The lowest BCUT2D eigenvalue weighted by Gasteiger charge is -2.19. The van der Waals surface area contributed by atoms with Gasteiger partial charge in [0.1, 0.15) is 18.0 Å². The number of benzene rings is 2. The molecule has 1 aliphatic carbocycles. The molecule has 2 aromatic carbocycles. The fourth-order valence-corrected chi connectivity index (χ4v) is 3.49. The monoisotopic (exact) mass is 381 g/mol. The van der Waals surface area contributed by atoms with E-state index in [0.29, 0.717) is 5.82 Å². The molecule has 1 aromatic heterocycles. The van der Waals surface area contributed by atoms with E-state index in [1.54, 1.807) is 0 Å². The number of hydrogen-bond acceptors (Lipinski definition) is 6. The second-order valence-electron chi connectivity index (χ2n) is 6.58. The number of nitrogens with one attached hydrogen (secondary N) is 2. The number of aromatic nitrogens is 2. The number of anilines is 2. The summed E-state index contributed by atoms with van der Waals surface area (Å²) in [5.41, 5.74) is 8.26. The third-order valence-corrected chi connectivity index (χ3v) is 4.87. The van der Waals surface area contributed by atoms with Crippen molar-refractivity contribution in [2.75, 3.05) is 11.1 Å². The van der Waals surface area contributed by atoms with Crippen molar-refractivity contribution >= 4 is 17.3 Å². The lowest BCUT2D eigenvalue weighted by atomic mass is 10.0. The van der Waals surface area contributed by atoms with Crippen LogP contribution < -0.4 is 11.1 Å². The van der Waals surface area contributed by atoms with Crippen LogP contribution in [-0.2, 0) is 6.42 Å². The Morgan fingerprint density at radius 2 is 2.00 bits per heavy atom. The van der Waals surface area contributed by atoms with Crippen molar-refractivity contribution in [1.82, 2.24) is 9.97 Å². The van der Waals surface area contributed by atoms with E-state index < -0.39 is 17.4 Å². The minimum atomic E-state index is -1.37. The van der Waals surface area contributed by atoms with Gasteiger partial charge in [0, 0.05) is 5.56 Å². The molecular weight excluding hydrogens is 364 g/mol. The average molecular weight is 381 g/mol. The van der Waals surface area contributed by atoms with Gasteiger partial charge in [-0.15, -0.1) is 0 Å². The van der Waals surface area contributed by atoms with Gasteiger partial charge >= 0.3 is 0 Å².